The van der Waals surface area contributed by atoms with Gasteiger partial charge in [0.2, 0.25) is 0 Å². The van der Waals surface area contributed by atoms with Crippen molar-refractivity contribution in [2.75, 3.05) is 19.1 Å². The van der Waals surface area contributed by atoms with Crippen LogP contribution in [0.2, 0.25) is 0 Å². The zero-order valence-electron chi connectivity index (χ0n) is 9.75. The molecule has 0 spiro atoms. The van der Waals surface area contributed by atoms with Crippen LogP contribution in [0.1, 0.15) is 5.69 Å². The minimum atomic E-state index is 0.262. The van der Waals surface area contributed by atoms with Crippen LogP contribution in [0.15, 0.2) is 24.3 Å². The fourth-order valence-corrected chi connectivity index (χ4v) is 2.29. The zero-order chi connectivity index (χ0) is 11.5. The first-order chi connectivity index (χ1) is 7.69. The summed E-state index contributed by atoms with van der Waals surface area (Å²) in [5.74, 6) is 6.08. The summed E-state index contributed by atoms with van der Waals surface area (Å²) in [6.45, 7) is 0. The largest absolute Gasteiger partial charge is 0.497 e. The lowest BCUT2D eigenvalue weighted by Gasteiger charge is -1.97. The molecule has 0 radical (unpaired) electrons. The Morgan fingerprint density at radius 2 is 2.19 bits per heavy atom. The Kier molecular flexibility index (Phi) is 3.34. The number of rotatable bonds is 4. The fraction of sp³-hybridized carbons (Fsp3) is 0.308. The van der Waals surface area contributed by atoms with Gasteiger partial charge in [0.15, 0.2) is 0 Å². The minimum Gasteiger partial charge on any atom is -0.497 e. The lowest BCUT2D eigenvalue weighted by atomic mass is 10.2. The van der Waals surface area contributed by atoms with Gasteiger partial charge in [-0.2, -0.15) is 10.5 Å². The van der Waals surface area contributed by atoms with Crippen LogP contribution >= 0.6 is 10.5 Å². The number of benzene rings is 1. The molecular formula is C13H17NOS. The molecule has 0 amide bonds. The van der Waals surface area contributed by atoms with Gasteiger partial charge in [0.25, 0.3) is 0 Å². The topological polar surface area (TPSA) is 25.0 Å². The molecule has 1 atom stereocenters. The molecule has 0 aliphatic carbocycles. The monoisotopic (exact) mass is 235 g/mol. The Morgan fingerprint density at radius 3 is 2.88 bits per heavy atom. The van der Waals surface area contributed by atoms with E-state index in [1.165, 1.54) is 16.6 Å². The molecule has 0 aliphatic heterocycles. The third kappa shape index (κ3) is 2.47. The fourth-order valence-electron chi connectivity index (χ4n) is 1.72. The number of hydrogen-bond acceptors (Lipinski definition) is 1. The third-order valence-electron chi connectivity index (χ3n) is 2.60. The summed E-state index contributed by atoms with van der Waals surface area (Å²) < 4.78 is 5.21. The molecule has 86 valence electrons. The van der Waals surface area contributed by atoms with Crippen LogP contribution in [-0.4, -0.2) is 30.0 Å². The predicted molar refractivity (Wildman–Crippen MR) is 74.1 cm³/mol. The van der Waals surface area contributed by atoms with Crippen LogP contribution in [0.4, 0.5) is 0 Å². The number of hydrogen-bond donors (Lipinski definition) is 1. The van der Waals surface area contributed by atoms with Crippen molar-refractivity contribution in [1.82, 2.24) is 4.98 Å². The summed E-state index contributed by atoms with van der Waals surface area (Å²) in [4.78, 5) is 3.42. The van der Waals surface area contributed by atoms with Gasteiger partial charge in [-0.15, -0.1) is 0 Å². The summed E-state index contributed by atoms with van der Waals surface area (Å²) in [5, 5.41) is 1.22. The lowest BCUT2D eigenvalue weighted by molar-refractivity contribution is 0.415. The van der Waals surface area contributed by atoms with Crippen molar-refractivity contribution >= 4 is 27.3 Å². The van der Waals surface area contributed by atoms with Crippen LogP contribution in [0.3, 0.4) is 0 Å². The highest BCUT2D eigenvalue weighted by molar-refractivity contribution is 8.13. The van der Waals surface area contributed by atoms with Crippen molar-refractivity contribution in [2.45, 2.75) is 6.42 Å². The van der Waals surface area contributed by atoms with E-state index in [2.05, 4.69) is 35.3 Å². The molecule has 16 heavy (non-hydrogen) atoms. The van der Waals surface area contributed by atoms with Crippen molar-refractivity contribution in [1.29, 1.82) is 0 Å². The quantitative estimate of drug-likeness (QED) is 0.810. The lowest BCUT2D eigenvalue weighted by Crippen LogP contribution is -1.88. The van der Waals surface area contributed by atoms with E-state index in [1.807, 2.05) is 6.07 Å². The summed E-state index contributed by atoms with van der Waals surface area (Å²) in [6, 6.07) is 8.30. The van der Waals surface area contributed by atoms with Crippen LogP contribution in [0, 0.1) is 0 Å². The Labute approximate surface area is 98.6 Å². The minimum absolute atomic E-state index is 0.262. The predicted octanol–water partition coefficient (Wildman–Crippen LogP) is 3.05. The van der Waals surface area contributed by atoms with Crippen LogP contribution in [-0.2, 0) is 6.42 Å². The SMILES string of the molecule is C=S(C)CCc1cc2cc(OC)ccc2[nH]1. The molecule has 2 aromatic rings. The first-order valence-electron chi connectivity index (χ1n) is 5.27. The van der Waals surface area contributed by atoms with E-state index < -0.39 is 0 Å². The first-order valence-corrected chi connectivity index (χ1v) is 7.24. The number of methoxy groups -OCH3 is 1. The molecule has 1 unspecified atom stereocenters. The maximum Gasteiger partial charge on any atom is 0.119 e. The third-order valence-corrected chi connectivity index (χ3v) is 3.50. The van der Waals surface area contributed by atoms with E-state index in [0.29, 0.717) is 0 Å². The molecule has 1 N–H and O–H groups in total. The molecular weight excluding hydrogens is 218 g/mol. The van der Waals surface area contributed by atoms with E-state index in [0.717, 1.165) is 17.9 Å². The van der Waals surface area contributed by atoms with E-state index in [-0.39, 0.29) is 10.5 Å². The number of nitrogens with one attached hydrogen (secondary N) is 1. The first kappa shape index (κ1) is 11.3. The number of H-pyrrole nitrogens is 1. The molecule has 2 nitrogen and oxygen atoms in total. The summed E-state index contributed by atoms with van der Waals surface area (Å²) >= 11 is 0. The second-order valence-electron chi connectivity index (χ2n) is 3.98. The number of fused-ring (bicyclic) bond motifs is 1. The maximum absolute atomic E-state index is 5.21. The zero-order valence-corrected chi connectivity index (χ0v) is 10.6. The van der Waals surface area contributed by atoms with Gasteiger partial charge in [-0.3, -0.25) is 0 Å². The van der Waals surface area contributed by atoms with Gasteiger partial charge >= 0.3 is 0 Å². The number of aromatic nitrogens is 1. The highest BCUT2D eigenvalue weighted by Gasteiger charge is 2.02. The van der Waals surface area contributed by atoms with Gasteiger partial charge in [0.1, 0.15) is 5.75 Å². The highest BCUT2D eigenvalue weighted by atomic mass is 32.2. The normalized spacial score (nSPS) is 12.9. The average molecular weight is 235 g/mol. The van der Waals surface area contributed by atoms with Crippen molar-refractivity contribution in [3.63, 3.8) is 0 Å². The molecule has 0 fully saturated rings. The van der Waals surface area contributed by atoms with E-state index >= 15 is 0 Å². The van der Waals surface area contributed by atoms with Gasteiger partial charge in [-0.25, -0.2) is 0 Å². The van der Waals surface area contributed by atoms with E-state index in [1.54, 1.807) is 7.11 Å². The van der Waals surface area contributed by atoms with Crippen LogP contribution < -0.4 is 4.74 Å². The van der Waals surface area contributed by atoms with Crippen LogP contribution in [0.25, 0.3) is 10.9 Å². The van der Waals surface area contributed by atoms with Crippen LogP contribution in [0.5, 0.6) is 5.75 Å². The van der Waals surface area contributed by atoms with Gasteiger partial charge in [-0.05, 0) is 42.7 Å². The van der Waals surface area contributed by atoms with Crippen molar-refractivity contribution in [2.24, 2.45) is 0 Å². The second-order valence-corrected chi connectivity index (χ2v) is 5.95. The molecule has 0 aliphatic rings. The van der Waals surface area contributed by atoms with Gasteiger partial charge in [0.05, 0.1) is 7.11 Å². The van der Waals surface area contributed by atoms with Crippen molar-refractivity contribution in [3.05, 3.63) is 30.0 Å². The smallest absolute Gasteiger partial charge is 0.119 e. The molecule has 0 saturated heterocycles. The Bertz CT molecular complexity index is 516. The van der Waals surface area contributed by atoms with Gasteiger partial charge < -0.3 is 9.72 Å². The number of aryl methyl sites for hydroxylation is 1. The van der Waals surface area contributed by atoms with Crippen molar-refractivity contribution in [3.8, 4) is 5.75 Å². The van der Waals surface area contributed by atoms with E-state index in [9.17, 15) is 0 Å². The Morgan fingerprint density at radius 1 is 1.38 bits per heavy atom. The number of aromatic amines is 1. The Balaban J connectivity index is 2.25. The molecule has 1 aromatic heterocycles. The maximum atomic E-state index is 5.21. The molecule has 0 bridgehead atoms. The molecule has 0 saturated carbocycles. The Hall–Kier alpha value is -1.22. The molecule has 2 rings (SSSR count). The molecule has 1 heterocycles. The van der Waals surface area contributed by atoms with Gasteiger partial charge in [0, 0.05) is 16.6 Å². The van der Waals surface area contributed by atoms with Crippen molar-refractivity contribution < 1.29 is 4.74 Å². The molecule has 3 heteroatoms. The second kappa shape index (κ2) is 4.74. The summed E-state index contributed by atoms with van der Waals surface area (Å²) in [7, 11) is 1.96. The number of ether oxygens (including phenoxy) is 1. The summed E-state index contributed by atoms with van der Waals surface area (Å²) in [6.07, 6.45) is 3.24. The molecule has 1 aromatic carbocycles. The summed E-state index contributed by atoms with van der Waals surface area (Å²) in [5.41, 5.74) is 2.46. The standard InChI is InChI=1S/C13H17NOS/c1-15-12-4-5-13-10(9-12)8-11(14-13)6-7-16(2)3/h4-5,8-9,14H,2,6-7H2,1,3H3. The highest BCUT2D eigenvalue weighted by Crippen LogP contribution is 2.22. The average Bonchev–Trinajstić information content (AvgIpc) is 2.67. The van der Waals surface area contributed by atoms with E-state index in [4.69, 9.17) is 4.74 Å². The van der Waals surface area contributed by atoms with Gasteiger partial charge in [-0.1, -0.05) is 5.87 Å².